The number of nitrogens with one attached hydrogen (secondary N) is 2. The van der Waals surface area contributed by atoms with Crippen LogP contribution in [0.15, 0.2) is 24.3 Å². The first-order valence-electron chi connectivity index (χ1n) is 4.55. The van der Waals surface area contributed by atoms with Gasteiger partial charge in [0.2, 0.25) is 0 Å². The minimum atomic E-state index is 0.348. The van der Waals surface area contributed by atoms with E-state index >= 15 is 0 Å². The van der Waals surface area contributed by atoms with Crippen LogP contribution in [0.3, 0.4) is 0 Å². The summed E-state index contributed by atoms with van der Waals surface area (Å²) in [7, 11) is 0. The second-order valence-corrected chi connectivity index (χ2v) is 3.44. The molecule has 0 aliphatic rings. The molecule has 0 aliphatic heterocycles. The lowest BCUT2D eigenvalue weighted by Crippen LogP contribution is -2.12. The number of aromatic nitrogens is 4. The van der Waals surface area contributed by atoms with Gasteiger partial charge < -0.3 is 0 Å². The number of aryl methyl sites for hydroxylation is 1. The zero-order valence-electron chi connectivity index (χ0n) is 8.48. The van der Waals surface area contributed by atoms with Gasteiger partial charge in [-0.3, -0.25) is 10.9 Å². The van der Waals surface area contributed by atoms with Crippen molar-refractivity contribution >= 4 is 23.2 Å². The second-order valence-electron chi connectivity index (χ2n) is 3.05. The Labute approximate surface area is 97.0 Å². The Morgan fingerprint density at radius 2 is 1.50 bits per heavy atom. The molecule has 0 amide bonds. The summed E-state index contributed by atoms with van der Waals surface area (Å²) in [5, 5.41) is 15.6. The smallest absolute Gasteiger partial charge is 0.167 e. The van der Waals surface area contributed by atoms with Crippen molar-refractivity contribution in [1.82, 2.24) is 20.4 Å². The third kappa shape index (κ3) is 2.77. The Hall–Kier alpha value is -1.95. The molecular weight excluding hydrogens is 228 g/mol. The largest absolute Gasteiger partial charge is 0.281 e. The van der Waals surface area contributed by atoms with Crippen LogP contribution >= 0.6 is 11.6 Å². The van der Waals surface area contributed by atoms with Crippen LogP contribution < -0.4 is 10.9 Å². The fraction of sp³-hybridized carbons (Fsp3) is 0.111. The molecule has 2 heterocycles. The fourth-order valence-electron chi connectivity index (χ4n) is 0.976. The highest BCUT2D eigenvalue weighted by Crippen LogP contribution is 2.07. The fourth-order valence-corrected chi connectivity index (χ4v) is 1.08. The molecule has 0 aliphatic carbocycles. The zero-order chi connectivity index (χ0) is 11.4. The Kier molecular flexibility index (Phi) is 3.11. The molecule has 16 heavy (non-hydrogen) atoms. The van der Waals surface area contributed by atoms with Gasteiger partial charge in [0, 0.05) is 0 Å². The highest BCUT2D eigenvalue weighted by atomic mass is 35.5. The van der Waals surface area contributed by atoms with Crippen molar-refractivity contribution in [1.29, 1.82) is 0 Å². The first-order valence-corrected chi connectivity index (χ1v) is 4.93. The molecule has 0 bridgehead atoms. The van der Waals surface area contributed by atoms with E-state index in [-0.39, 0.29) is 0 Å². The van der Waals surface area contributed by atoms with Gasteiger partial charge in [-0.25, -0.2) is 0 Å². The average Bonchev–Trinajstić information content (AvgIpc) is 2.30. The maximum absolute atomic E-state index is 5.60. The van der Waals surface area contributed by atoms with E-state index in [4.69, 9.17) is 11.6 Å². The molecule has 82 valence electrons. The normalized spacial score (nSPS) is 9.88. The lowest BCUT2D eigenvalue weighted by Gasteiger charge is -2.06. The molecule has 2 aromatic rings. The molecule has 7 heteroatoms. The first-order chi connectivity index (χ1) is 7.74. The summed E-state index contributed by atoms with van der Waals surface area (Å²) in [6.45, 7) is 1.87. The minimum absolute atomic E-state index is 0.348. The van der Waals surface area contributed by atoms with E-state index < -0.39 is 0 Å². The summed E-state index contributed by atoms with van der Waals surface area (Å²) >= 11 is 5.60. The van der Waals surface area contributed by atoms with Crippen LogP contribution in [0.2, 0.25) is 5.15 Å². The van der Waals surface area contributed by atoms with Crippen molar-refractivity contribution in [2.24, 2.45) is 0 Å². The van der Waals surface area contributed by atoms with E-state index in [1.807, 2.05) is 13.0 Å². The monoisotopic (exact) mass is 236 g/mol. The van der Waals surface area contributed by atoms with E-state index in [2.05, 4.69) is 31.2 Å². The highest BCUT2D eigenvalue weighted by Gasteiger charge is 1.96. The van der Waals surface area contributed by atoms with Gasteiger partial charge in [-0.2, -0.15) is 5.10 Å². The molecule has 0 saturated carbocycles. The minimum Gasteiger partial charge on any atom is -0.281 e. The van der Waals surface area contributed by atoms with Crippen molar-refractivity contribution in [2.45, 2.75) is 6.92 Å². The highest BCUT2D eigenvalue weighted by molar-refractivity contribution is 6.29. The second kappa shape index (κ2) is 4.71. The Bertz CT molecular complexity index is 409. The van der Waals surface area contributed by atoms with Gasteiger partial charge >= 0.3 is 0 Å². The van der Waals surface area contributed by atoms with Crippen LogP contribution in [-0.2, 0) is 0 Å². The molecule has 0 unspecified atom stereocenters. The SMILES string of the molecule is Cc1ccc(NNc2ccc(Cl)nn2)nn1. The average molecular weight is 237 g/mol. The van der Waals surface area contributed by atoms with Crippen LogP contribution in [0.4, 0.5) is 11.6 Å². The van der Waals surface area contributed by atoms with Gasteiger partial charge in [0.15, 0.2) is 16.8 Å². The van der Waals surface area contributed by atoms with Crippen LogP contribution in [0.5, 0.6) is 0 Å². The molecule has 6 nitrogen and oxygen atoms in total. The van der Waals surface area contributed by atoms with E-state index in [0.29, 0.717) is 16.8 Å². The van der Waals surface area contributed by atoms with Gasteiger partial charge in [0.05, 0.1) is 5.69 Å². The molecule has 0 saturated heterocycles. The Morgan fingerprint density at radius 1 is 0.875 bits per heavy atom. The standard InChI is InChI=1S/C9H9ClN6/c1-6-2-4-8(13-11-6)15-16-9-5-3-7(10)12-14-9/h2-5H,1H3,(H,13,15)(H,14,16). The van der Waals surface area contributed by atoms with Crippen LogP contribution in [-0.4, -0.2) is 20.4 Å². The van der Waals surface area contributed by atoms with E-state index in [9.17, 15) is 0 Å². The van der Waals surface area contributed by atoms with Crippen molar-refractivity contribution in [3.05, 3.63) is 35.1 Å². The Balaban J connectivity index is 1.97. The van der Waals surface area contributed by atoms with Crippen molar-refractivity contribution < 1.29 is 0 Å². The molecule has 0 fully saturated rings. The summed E-state index contributed by atoms with van der Waals surface area (Å²) in [5.41, 5.74) is 6.52. The molecule has 0 radical (unpaired) electrons. The topological polar surface area (TPSA) is 75.6 Å². The van der Waals surface area contributed by atoms with Crippen molar-refractivity contribution in [3.8, 4) is 0 Å². The number of hydrogen-bond acceptors (Lipinski definition) is 6. The molecule has 2 aromatic heterocycles. The van der Waals surface area contributed by atoms with E-state index in [0.717, 1.165) is 5.69 Å². The zero-order valence-corrected chi connectivity index (χ0v) is 9.23. The van der Waals surface area contributed by atoms with Gasteiger partial charge in [-0.05, 0) is 31.2 Å². The van der Waals surface area contributed by atoms with Crippen molar-refractivity contribution in [3.63, 3.8) is 0 Å². The first kappa shape index (κ1) is 10.6. The van der Waals surface area contributed by atoms with Gasteiger partial charge in [-0.1, -0.05) is 11.6 Å². The third-order valence-corrected chi connectivity index (χ3v) is 1.95. The summed E-state index contributed by atoms with van der Waals surface area (Å²) < 4.78 is 0. The lowest BCUT2D eigenvalue weighted by molar-refractivity contribution is 0.974. The molecule has 2 rings (SSSR count). The number of anilines is 2. The van der Waals surface area contributed by atoms with E-state index in [1.54, 1.807) is 18.2 Å². The predicted molar refractivity (Wildman–Crippen MR) is 61.1 cm³/mol. The molecule has 2 N–H and O–H groups in total. The summed E-state index contributed by atoms with van der Waals surface area (Å²) in [5.74, 6) is 1.15. The van der Waals surface area contributed by atoms with Gasteiger partial charge in [0.25, 0.3) is 0 Å². The molecule has 0 aromatic carbocycles. The third-order valence-electron chi connectivity index (χ3n) is 1.75. The molecular formula is C9H9ClN6. The molecule has 0 spiro atoms. The number of halogens is 1. The number of hydrazine groups is 1. The summed E-state index contributed by atoms with van der Waals surface area (Å²) in [4.78, 5) is 0. The van der Waals surface area contributed by atoms with Gasteiger partial charge in [-0.15, -0.1) is 15.3 Å². The lowest BCUT2D eigenvalue weighted by atomic mass is 10.4. The predicted octanol–water partition coefficient (Wildman–Crippen LogP) is 1.67. The quantitative estimate of drug-likeness (QED) is 0.790. The van der Waals surface area contributed by atoms with Crippen LogP contribution in [0.1, 0.15) is 5.69 Å². The maximum Gasteiger partial charge on any atom is 0.167 e. The van der Waals surface area contributed by atoms with Gasteiger partial charge in [0.1, 0.15) is 0 Å². The number of nitrogens with zero attached hydrogens (tertiary/aromatic N) is 4. The van der Waals surface area contributed by atoms with Crippen LogP contribution in [0, 0.1) is 6.92 Å². The summed E-state index contributed by atoms with van der Waals surface area (Å²) in [6.07, 6.45) is 0. The number of rotatable bonds is 3. The molecule has 0 atom stereocenters. The maximum atomic E-state index is 5.60. The Morgan fingerprint density at radius 3 is 2.00 bits per heavy atom. The van der Waals surface area contributed by atoms with Crippen LogP contribution in [0.25, 0.3) is 0 Å². The summed E-state index contributed by atoms with van der Waals surface area (Å²) in [6, 6.07) is 6.99. The van der Waals surface area contributed by atoms with E-state index in [1.165, 1.54) is 0 Å². The van der Waals surface area contributed by atoms with Crippen molar-refractivity contribution in [2.75, 3.05) is 10.9 Å². The number of hydrogen-bond donors (Lipinski definition) is 2.